The molecule has 0 radical (unpaired) electrons. The fourth-order valence-electron chi connectivity index (χ4n) is 4.62. The predicted molar refractivity (Wildman–Crippen MR) is 140 cm³/mol. The van der Waals surface area contributed by atoms with Gasteiger partial charge < -0.3 is 56.4 Å². The third kappa shape index (κ3) is 7.40. The highest BCUT2D eigenvalue weighted by molar-refractivity contribution is 5.95. The maximum absolute atomic E-state index is 12.9. The van der Waals surface area contributed by atoms with Gasteiger partial charge in [-0.1, -0.05) is 0 Å². The van der Waals surface area contributed by atoms with Crippen LogP contribution in [0.15, 0.2) is 33.7 Å². The smallest absolute Gasteiger partial charge is 0.330 e. The van der Waals surface area contributed by atoms with Gasteiger partial charge in [-0.15, -0.1) is 0 Å². The van der Waals surface area contributed by atoms with Gasteiger partial charge in [-0.2, -0.15) is 0 Å². The van der Waals surface area contributed by atoms with Crippen molar-refractivity contribution in [3.8, 4) is 0 Å². The summed E-state index contributed by atoms with van der Waals surface area (Å²) >= 11 is 0. The normalized spacial score (nSPS) is 28.8. The number of carbonyl (C=O) groups is 3. The molecule has 0 bridgehead atoms. The number of primary amides is 2. The van der Waals surface area contributed by atoms with E-state index in [2.05, 4.69) is 10.3 Å². The third-order valence-corrected chi connectivity index (χ3v) is 6.77. The summed E-state index contributed by atoms with van der Waals surface area (Å²) in [6.07, 6.45) is -8.51. The zero-order valence-corrected chi connectivity index (χ0v) is 22.9. The van der Waals surface area contributed by atoms with Gasteiger partial charge in [-0.05, 0) is 31.9 Å². The van der Waals surface area contributed by atoms with E-state index in [9.17, 15) is 34.2 Å². The summed E-state index contributed by atoms with van der Waals surface area (Å²) in [5, 5.41) is 23.3. The Hall–Kier alpha value is -3.65. The Kier molecular flexibility index (Phi) is 11.3. The third-order valence-electron chi connectivity index (χ3n) is 6.77. The molecule has 3 rings (SSSR count). The number of nitrogens with two attached hydrogens (primary N) is 3. The first-order chi connectivity index (χ1) is 19.9. The minimum Gasteiger partial charge on any atom is -0.456 e. The number of aromatic nitrogens is 2. The number of amides is 3. The van der Waals surface area contributed by atoms with Gasteiger partial charge in [-0.25, -0.2) is 4.79 Å². The van der Waals surface area contributed by atoms with Crippen molar-refractivity contribution in [2.45, 2.75) is 74.4 Å². The molecule has 1 fully saturated rings. The molecule has 0 aromatic carbocycles. The van der Waals surface area contributed by atoms with Crippen molar-refractivity contribution in [1.82, 2.24) is 14.9 Å². The molecular weight excluding hydrogens is 564 g/mol. The minimum absolute atomic E-state index is 0.193. The molecule has 18 heteroatoms. The lowest BCUT2D eigenvalue weighted by atomic mass is 10.0. The van der Waals surface area contributed by atoms with Crippen LogP contribution < -0.4 is 33.8 Å². The predicted octanol–water partition coefficient (Wildman–Crippen LogP) is -4.60. The number of H-pyrrole nitrogens is 1. The molecule has 1 saturated heterocycles. The first-order valence-electron chi connectivity index (χ1n) is 13.0. The van der Waals surface area contributed by atoms with Gasteiger partial charge in [0, 0.05) is 26.5 Å². The van der Waals surface area contributed by atoms with Crippen molar-refractivity contribution in [2.75, 3.05) is 20.8 Å². The van der Waals surface area contributed by atoms with Gasteiger partial charge in [0.05, 0.1) is 0 Å². The molecule has 1 aromatic rings. The number of nitrogens with zero attached hydrogens (tertiary/aromatic N) is 1. The number of unbranched alkanes of at least 4 members (excludes halogenated alkanes) is 1. The molecule has 2 aliphatic rings. The lowest BCUT2D eigenvalue weighted by Crippen LogP contribution is -2.54. The van der Waals surface area contributed by atoms with Gasteiger partial charge in [-0.3, -0.25) is 28.7 Å². The second-order valence-electron chi connectivity index (χ2n) is 9.58. The van der Waals surface area contributed by atoms with E-state index in [1.807, 2.05) is 0 Å². The average Bonchev–Trinajstić information content (AvgIpc) is 3.30. The van der Waals surface area contributed by atoms with Gasteiger partial charge in [0.2, 0.25) is 18.1 Å². The molecule has 234 valence electrons. The Morgan fingerprint density at radius 1 is 1.12 bits per heavy atom. The molecule has 3 heterocycles. The molecule has 9 atom stereocenters. The van der Waals surface area contributed by atoms with Crippen LogP contribution in [0.3, 0.4) is 0 Å². The fourth-order valence-corrected chi connectivity index (χ4v) is 4.62. The molecule has 0 saturated carbocycles. The standard InChI is InChI=1S/C24H36N6O12/c1-38-15-16(41-22(18(15)39-2)30-8-6-13(32)29-24(30)37)17(20(27)35)42-23-14(33)11(31)9-12(40-23)21(36)28-10(19(26)34)5-3-4-7-25/h6,8-11,14-18,22-23,31,33H,3-5,7,25H2,1-2H3,(H2,26,34)(H2,27,35)(H,28,36)(H,29,32,37)/t10?,11?,14?,15?,16-,17?,18?,22?,23+/m0/s1. The van der Waals surface area contributed by atoms with Crippen LogP contribution in [0, 0.1) is 0 Å². The van der Waals surface area contributed by atoms with Crippen LogP contribution >= 0.6 is 0 Å². The highest BCUT2D eigenvalue weighted by Gasteiger charge is 2.53. The van der Waals surface area contributed by atoms with Crippen LogP contribution in [0.4, 0.5) is 0 Å². The molecule has 0 spiro atoms. The van der Waals surface area contributed by atoms with Crippen molar-refractivity contribution >= 4 is 17.7 Å². The Morgan fingerprint density at radius 3 is 2.38 bits per heavy atom. The number of hydrogen-bond donors (Lipinski definition) is 7. The first kappa shape index (κ1) is 32.9. The molecule has 3 amide bonds. The molecule has 0 aliphatic carbocycles. The SMILES string of the molecule is COC1C(OC)[C@@H](C(O[C@H]2OC(C(=O)NC(CCCCN)C(N)=O)=CC(O)C2O)C(N)=O)OC1n1ccc(=O)[nH]c1=O. The fraction of sp³-hybridized carbons (Fsp3) is 0.625. The van der Waals surface area contributed by atoms with Crippen molar-refractivity contribution in [3.05, 3.63) is 44.9 Å². The Labute approximate surface area is 238 Å². The number of carbonyl (C=O) groups excluding carboxylic acids is 3. The van der Waals surface area contributed by atoms with Crippen LogP contribution in [0.2, 0.25) is 0 Å². The number of nitrogens with one attached hydrogen (secondary N) is 2. The molecule has 18 nitrogen and oxygen atoms in total. The van der Waals surface area contributed by atoms with Gasteiger partial charge in [0.1, 0.15) is 36.6 Å². The number of aromatic amines is 1. The van der Waals surface area contributed by atoms with Crippen LogP contribution in [0.5, 0.6) is 0 Å². The van der Waals surface area contributed by atoms with E-state index in [4.69, 9.17) is 40.9 Å². The van der Waals surface area contributed by atoms with Crippen molar-refractivity contribution in [1.29, 1.82) is 0 Å². The molecule has 10 N–H and O–H groups in total. The largest absolute Gasteiger partial charge is 0.456 e. The summed E-state index contributed by atoms with van der Waals surface area (Å²) < 4.78 is 29.0. The topological polar surface area (TPSA) is 283 Å². The minimum atomic E-state index is -1.84. The van der Waals surface area contributed by atoms with E-state index in [-0.39, 0.29) is 6.42 Å². The number of aliphatic hydroxyl groups is 2. The summed E-state index contributed by atoms with van der Waals surface area (Å²) in [5.74, 6) is -3.42. The van der Waals surface area contributed by atoms with Gasteiger partial charge >= 0.3 is 5.69 Å². The number of methoxy groups -OCH3 is 2. The Bertz CT molecular complexity index is 1270. The van der Waals surface area contributed by atoms with Crippen molar-refractivity contribution in [2.24, 2.45) is 17.2 Å². The lowest BCUT2D eigenvalue weighted by Gasteiger charge is -2.35. The van der Waals surface area contributed by atoms with E-state index < -0.39 is 89.9 Å². The number of ether oxygens (including phenoxy) is 5. The summed E-state index contributed by atoms with van der Waals surface area (Å²) in [5.41, 5.74) is 14.9. The molecular formula is C24H36N6O12. The summed E-state index contributed by atoms with van der Waals surface area (Å²) in [6, 6.07) is -0.00810. The molecule has 2 aliphatic heterocycles. The van der Waals surface area contributed by atoms with Crippen molar-refractivity contribution < 1.29 is 48.3 Å². The van der Waals surface area contributed by atoms with Crippen LogP contribution in [-0.4, -0.2) is 107 Å². The van der Waals surface area contributed by atoms with Crippen LogP contribution in [0.25, 0.3) is 0 Å². The van der Waals surface area contributed by atoms with E-state index in [1.54, 1.807) is 0 Å². The van der Waals surface area contributed by atoms with Gasteiger partial charge in [0.25, 0.3) is 11.5 Å². The molecule has 7 unspecified atom stereocenters. The highest BCUT2D eigenvalue weighted by Crippen LogP contribution is 2.35. The highest BCUT2D eigenvalue weighted by atomic mass is 16.7. The molecule has 42 heavy (non-hydrogen) atoms. The summed E-state index contributed by atoms with van der Waals surface area (Å²) in [7, 11) is 2.56. The number of rotatable bonds is 14. The van der Waals surface area contributed by atoms with E-state index in [0.29, 0.717) is 19.4 Å². The van der Waals surface area contributed by atoms with E-state index in [0.717, 1.165) is 22.9 Å². The zero-order chi connectivity index (χ0) is 31.1. The lowest BCUT2D eigenvalue weighted by molar-refractivity contribution is -0.241. The second kappa shape index (κ2) is 14.5. The van der Waals surface area contributed by atoms with Crippen LogP contribution in [0.1, 0.15) is 25.5 Å². The average molecular weight is 601 g/mol. The number of aliphatic hydroxyl groups excluding tert-OH is 2. The maximum Gasteiger partial charge on any atom is 0.330 e. The molecule has 1 aromatic heterocycles. The zero-order valence-electron chi connectivity index (χ0n) is 22.9. The maximum atomic E-state index is 12.9. The van der Waals surface area contributed by atoms with Gasteiger partial charge in [0.15, 0.2) is 18.1 Å². The van der Waals surface area contributed by atoms with Crippen molar-refractivity contribution in [3.63, 3.8) is 0 Å². The number of hydrogen-bond acceptors (Lipinski definition) is 13. The Morgan fingerprint density at radius 2 is 1.81 bits per heavy atom. The van der Waals surface area contributed by atoms with E-state index >= 15 is 0 Å². The van der Waals surface area contributed by atoms with Crippen LogP contribution in [-0.2, 0) is 38.1 Å². The second-order valence-corrected chi connectivity index (χ2v) is 9.58. The summed E-state index contributed by atoms with van der Waals surface area (Å²) in [4.78, 5) is 63.3. The quantitative estimate of drug-likeness (QED) is 0.0991. The summed E-state index contributed by atoms with van der Waals surface area (Å²) in [6.45, 7) is 0.375. The monoisotopic (exact) mass is 600 g/mol. The first-order valence-corrected chi connectivity index (χ1v) is 13.0. The van der Waals surface area contributed by atoms with E-state index in [1.165, 1.54) is 14.2 Å². The Balaban J connectivity index is 1.83.